The van der Waals surface area contributed by atoms with Gasteiger partial charge in [-0.2, -0.15) is 0 Å². The van der Waals surface area contributed by atoms with E-state index in [1.54, 1.807) is 6.92 Å². The molecule has 1 aliphatic rings. The Kier molecular flexibility index (Phi) is 6.29. The van der Waals surface area contributed by atoms with Crippen LogP contribution in [0.25, 0.3) is 0 Å². The first-order chi connectivity index (χ1) is 11.8. The van der Waals surface area contributed by atoms with E-state index in [-0.39, 0.29) is 17.4 Å². The summed E-state index contributed by atoms with van der Waals surface area (Å²) in [5.74, 6) is -0.462. The largest absolute Gasteiger partial charge is 0.496 e. The average Bonchev–Trinajstić information content (AvgIpc) is 3.01. The minimum Gasteiger partial charge on any atom is -0.496 e. The van der Waals surface area contributed by atoms with Crippen molar-refractivity contribution < 1.29 is 17.9 Å². The number of sulfonamides is 1. The Morgan fingerprint density at radius 3 is 2.84 bits per heavy atom. The summed E-state index contributed by atoms with van der Waals surface area (Å²) in [5, 5.41) is -0.659. The highest BCUT2D eigenvalue weighted by molar-refractivity contribution is 7.90. The SMILES string of the molecule is CCN1CCCC1CC(C)S(=O)(=O)NC(=O)c1ccc(N)cc1OC. The van der Waals surface area contributed by atoms with Gasteiger partial charge >= 0.3 is 0 Å². The van der Waals surface area contributed by atoms with E-state index in [9.17, 15) is 13.2 Å². The number of nitrogens with zero attached hydrogens (tertiary/aromatic N) is 1. The summed E-state index contributed by atoms with van der Waals surface area (Å²) in [4.78, 5) is 14.7. The molecule has 25 heavy (non-hydrogen) atoms. The number of likely N-dealkylation sites (tertiary alicyclic amines) is 1. The van der Waals surface area contributed by atoms with Gasteiger partial charge in [0.2, 0.25) is 10.0 Å². The van der Waals surface area contributed by atoms with Crippen LogP contribution >= 0.6 is 0 Å². The molecule has 0 aromatic heterocycles. The minimum atomic E-state index is -3.77. The fourth-order valence-corrected chi connectivity index (χ4v) is 4.31. The first-order valence-corrected chi connectivity index (χ1v) is 10.1. The number of carbonyl (C=O) groups excluding carboxylic acids is 1. The van der Waals surface area contributed by atoms with E-state index >= 15 is 0 Å². The fraction of sp³-hybridized carbons (Fsp3) is 0.588. The number of anilines is 1. The molecular formula is C17H27N3O4S. The Bertz CT molecular complexity index is 721. The Morgan fingerprint density at radius 1 is 1.48 bits per heavy atom. The maximum Gasteiger partial charge on any atom is 0.268 e. The zero-order valence-corrected chi connectivity index (χ0v) is 15.8. The number of nitrogens with two attached hydrogens (primary N) is 1. The molecule has 0 radical (unpaired) electrons. The normalized spacial score (nSPS) is 19.6. The average molecular weight is 369 g/mol. The molecule has 0 saturated carbocycles. The molecule has 1 fully saturated rings. The first-order valence-electron chi connectivity index (χ1n) is 8.52. The number of rotatable bonds is 7. The molecule has 140 valence electrons. The number of ether oxygens (including phenoxy) is 1. The molecule has 1 amide bonds. The number of nitrogen functional groups attached to an aromatic ring is 1. The van der Waals surface area contributed by atoms with Crippen LogP contribution in [0, 0.1) is 0 Å². The van der Waals surface area contributed by atoms with Gasteiger partial charge in [-0.15, -0.1) is 0 Å². The quantitative estimate of drug-likeness (QED) is 0.708. The van der Waals surface area contributed by atoms with Gasteiger partial charge in [-0.3, -0.25) is 4.79 Å². The van der Waals surface area contributed by atoms with Gasteiger partial charge in [0.05, 0.1) is 17.9 Å². The molecule has 2 unspecified atom stereocenters. The number of hydrogen-bond donors (Lipinski definition) is 2. The van der Waals surface area contributed by atoms with Crippen LogP contribution in [0.5, 0.6) is 5.75 Å². The summed E-state index contributed by atoms with van der Waals surface area (Å²) in [6.07, 6.45) is 2.59. The van der Waals surface area contributed by atoms with Gasteiger partial charge in [0.25, 0.3) is 5.91 Å². The number of carbonyl (C=O) groups is 1. The van der Waals surface area contributed by atoms with E-state index in [0.29, 0.717) is 12.1 Å². The highest BCUT2D eigenvalue weighted by Crippen LogP contribution is 2.24. The summed E-state index contributed by atoms with van der Waals surface area (Å²) < 4.78 is 32.4. The second kappa shape index (κ2) is 8.05. The molecule has 1 aliphatic heterocycles. The first kappa shape index (κ1) is 19.5. The minimum absolute atomic E-state index is 0.142. The summed E-state index contributed by atoms with van der Waals surface area (Å²) in [6, 6.07) is 4.73. The topological polar surface area (TPSA) is 102 Å². The van der Waals surface area contributed by atoms with Gasteiger partial charge in [0.15, 0.2) is 0 Å². The van der Waals surface area contributed by atoms with E-state index in [0.717, 1.165) is 25.9 Å². The molecule has 1 aromatic rings. The van der Waals surface area contributed by atoms with Crippen molar-refractivity contribution in [3.05, 3.63) is 23.8 Å². The zero-order valence-electron chi connectivity index (χ0n) is 15.0. The number of nitrogens with one attached hydrogen (secondary N) is 1. The van der Waals surface area contributed by atoms with Crippen LogP contribution in [0.15, 0.2) is 18.2 Å². The molecule has 3 N–H and O–H groups in total. The Balaban J connectivity index is 2.08. The molecule has 0 spiro atoms. The highest BCUT2D eigenvalue weighted by atomic mass is 32.2. The molecule has 0 bridgehead atoms. The third kappa shape index (κ3) is 4.64. The lowest BCUT2D eigenvalue weighted by Gasteiger charge is -2.25. The maximum absolute atomic E-state index is 12.5. The summed E-state index contributed by atoms with van der Waals surface area (Å²) in [7, 11) is -2.37. The molecule has 1 heterocycles. The second-order valence-electron chi connectivity index (χ2n) is 6.41. The van der Waals surface area contributed by atoms with Crippen molar-refractivity contribution in [2.75, 3.05) is 25.9 Å². The summed E-state index contributed by atoms with van der Waals surface area (Å²) >= 11 is 0. The van der Waals surface area contributed by atoms with Crippen LogP contribution in [0.3, 0.4) is 0 Å². The predicted octanol–water partition coefficient (Wildman–Crippen LogP) is 1.60. The molecule has 2 atom stereocenters. The van der Waals surface area contributed by atoms with Crippen molar-refractivity contribution in [3.8, 4) is 5.75 Å². The molecule has 2 rings (SSSR count). The van der Waals surface area contributed by atoms with Crippen LogP contribution in [-0.4, -0.2) is 50.7 Å². The van der Waals surface area contributed by atoms with Crippen molar-refractivity contribution >= 4 is 21.6 Å². The molecule has 0 aliphatic carbocycles. The molecular weight excluding hydrogens is 342 g/mol. The zero-order chi connectivity index (χ0) is 18.6. The van der Waals surface area contributed by atoms with Gasteiger partial charge in [0, 0.05) is 17.8 Å². The van der Waals surface area contributed by atoms with Crippen LogP contribution in [-0.2, 0) is 10.0 Å². The van der Waals surface area contributed by atoms with E-state index < -0.39 is 21.2 Å². The lowest BCUT2D eigenvalue weighted by molar-refractivity contribution is 0.0978. The van der Waals surface area contributed by atoms with E-state index in [4.69, 9.17) is 10.5 Å². The summed E-state index contributed by atoms with van der Waals surface area (Å²) in [6.45, 7) is 5.63. The van der Waals surface area contributed by atoms with Crippen LogP contribution in [0.4, 0.5) is 5.69 Å². The van der Waals surface area contributed by atoms with Crippen molar-refractivity contribution in [1.29, 1.82) is 0 Å². The maximum atomic E-state index is 12.5. The van der Waals surface area contributed by atoms with E-state index in [2.05, 4.69) is 16.5 Å². The number of methoxy groups -OCH3 is 1. The highest BCUT2D eigenvalue weighted by Gasteiger charge is 2.31. The Labute approximate surface area is 149 Å². The monoisotopic (exact) mass is 369 g/mol. The van der Waals surface area contributed by atoms with E-state index in [1.807, 2.05) is 0 Å². The number of hydrogen-bond acceptors (Lipinski definition) is 6. The lowest BCUT2D eigenvalue weighted by atomic mass is 10.1. The van der Waals surface area contributed by atoms with Gasteiger partial charge < -0.3 is 15.4 Å². The van der Waals surface area contributed by atoms with Crippen LogP contribution in [0.1, 0.15) is 43.5 Å². The van der Waals surface area contributed by atoms with Crippen LogP contribution in [0.2, 0.25) is 0 Å². The third-order valence-corrected chi connectivity index (χ3v) is 6.47. The van der Waals surface area contributed by atoms with Crippen molar-refractivity contribution in [2.45, 2.75) is 44.4 Å². The van der Waals surface area contributed by atoms with Gasteiger partial charge in [0.1, 0.15) is 5.75 Å². The predicted molar refractivity (Wildman–Crippen MR) is 98.1 cm³/mol. The van der Waals surface area contributed by atoms with E-state index in [1.165, 1.54) is 25.3 Å². The molecule has 8 heteroatoms. The van der Waals surface area contributed by atoms with Crippen molar-refractivity contribution in [3.63, 3.8) is 0 Å². The number of benzene rings is 1. The second-order valence-corrected chi connectivity index (χ2v) is 8.51. The third-order valence-electron chi connectivity index (χ3n) is 4.74. The molecule has 7 nitrogen and oxygen atoms in total. The van der Waals surface area contributed by atoms with Crippen molar-refractivity contribution in [2.24, 2.45) is 0 Å². The van der Waals surface area contributed by atoms with Gasteiger partial charge in [-0.1, -0.05) is 6.92 Å². The smallest absolute Gasteiger partial charge is 0.268 e. The Morgan fingerprint density at radius 2 is 2.20 bits per heavy atom. The summed E-state index contributed by atoms with van der Waals surface area (Å²) in [5.41, 5.74) is 6.24. The Hall–Kier alpha value is -1.80. The van der Waals surface area contributed by atoms with Crippen LogP contribution < -0.4 is 15.2 Å². The fourth-order valence-electron chi connectivity index (χ4n) is 3.27. The van der Waals surface area contributed by atoms with Gasteiger partial charge in [-0.25, -0.2) is 13.1 Å². The molecule has 1 aromatic carbocycles. The number of amides is 1. The molecule has 1 saturated heterocycles. The van der Waals surface area contributed by atoms with Gasteiger partial charge in [-0.05, 0) is 51.4 Å². The standard InChI is InChI=1S/C17H27N3O4S/c1-4-20-9-5-6-14(20)10-12(2)25(22,23)19-17(21)15-8-7-13(18)11-16(15)24-3/h7-8,11-12,14H,4-6,9-10,18H2,1-3H3,(H,19,21). The van der Waals surface area contributed by atoms with Crippen molar-refractivity contribution in [1.82, 2.24) is 9.62 Å². The lowest BCUT2D eigenvalue weighted by Crippen LogP contribution is -2.40.